The first-order valence-electron chi connectivity index (χ1n) is 7.01. The summed E-state index contributed by atoms with van der Waals surface area (Å²) in [6.45, 7) is 0.877. The van der Waals surface area contributed by atoms with Crippen molar-refractivity contribution in [3.05, 3.63) is 0 Å². The molecule has 17 heavy (non-hydrogen) atoms. The maximum atomic E-state index is 5.18. The minimum atomic E-state index is 0.362. The Morgan fingerprint density at radius 3 is 2.35 bits per heavy atom. The van der Waals surface area contributed by atoms with Gasteiger partial charge in [-0.1, -0.05) is 19.3 Å². The largest absolute Gasteiger partial charge is 0.385 e. The molecule has 0 amide bonds. The van der Waals surface area contributed by atoms with Crippen molar-refractivity contribution in [2.45, 2.75) is 56.5 Å². The number of hydrogen-bond acceptors (Lipinski definition) is 3. The third-order valence-corrected chi connectivity index (χ3v) is 4.45. The second-order valence-electron chi connectivity index (χ2n) is 5.53. The summed E-state index contributed by atoms with van der Waals surface area (Å²) in [6, 6.07) is 0.591. The Kier molecular flexibility index (Phi) is 6.45. The lowest BCUT2D eigenvalue weighted by Gasteiger charge is -2.48. The molecule has 0 radical (unpaired) electrons. The Morgan fingerprint density at radius 1 is 1.24 bits per heavy atom. The molecule has 102 valence electrons. The van der Waals surface area contributed by atoms with Gasteiger partial charge in [-0.05, 0) is 46.8 Å². The molecule has 1 N–H and O–H groups in total. The highest BCUT2D eigenvalue weighted by molar-refractivity contribution is 4.99. The van der Waals surface area contributed by atoms with Gasteiger partial charge in [-0.15, -0.1) is 0 Å². The first kappa shape index (κ1) is 14.9. The molecular weight excluding hydrogens is 212 g/mol. The van der Waals surface area contributed by atoms with E-state index in [0.717, 1.165) is 13.0 Å². The first-order valence-corrected chi connectivity index (χ1v) is 7.01. The average Bonchev–Trinajstić information content (AvgIpc) is 2.35. The van der Waals surface area contributed by atoms with Crippen LogP contribution in [0.25, 0.3) is 0 Å². The lowest BCUT2D eigenvalue weighted by atomic mass is 9.74. The van der Waals surface area contributed by atoms with Crippen molar-refractivity contribution < 1.29 is 4.74 Å². The van der Waals surface area contributed by atoms with E-state index in [1.807, 2.05) is 0 Å². The molecule has 0 spiro atoms. The number of hydrogen-bond donors (Lipinski definition) is 1. The van der Waals surface area contributed by atoms with E-state index in [1.54, 1.807) is 7.11 Å². The zero-order valence-corrected chi connectivity index (χ0v) is 12.1. The summed E-state index contributed by atoms with van der Waals surface area (Å²) in [5, 5.41) is 3.56. The topological polar surface area (TPSA) is 24.5 Å². The highest BCUT2D eigenvalue weighted by atomic mass is 16.5. The molecule has 3 heteroatoms. The molecule has 0 aliphatic heterocycles. The maximum Gasteiger partial charge on any atom is 0.0462 e. The lowest BCUT2D eigenvalue weighted by molar-refractivity contribution is 0.0523. The highest BCUT2D eigenvalue weighted by Gasteiger charge is 2.40. The van der Waals surface area contributed by atoms with Gasteiger partial charge in [0.05, 0.1) is 0 Å². The van der Waals surface area contributed by atoms with E-state index >= 15 is 0 Å². The zero-order valence-electron chi connectivity index (χ0n) is 12.1. The summed E-state index contributed by atoms with van der Waals surface area (Å²) in [5.41, 5.74) is 0.362. The minimum Gasteiger partial charge on any atom is -0.385 e. The van der Waals surface area contributed by atoms with Gasteiger partial charge >= 0.3 is 0 Å². The average molecular weight is 242 g/mol. The van der Waals surface area contributed by atoms with Crippen molar-refractivity contribution in [2.75, 3.05) is 34.9 Å². The molecule has 1 unspecified atom stereocenters. The number of ether oxygens (including phenoxy) is 1. The molecule has 0 heterocycles. The maximum absolute atomic E-state index is 5.18. The third-order valence-electron chi connectivity index (χ3n) is 4.45. The number of methoxy groups -OCH3 is 1. The summed E-state index contributed by atoms with van der Waals surface area (Å²) in [5.74, 6) is 0. The van der Waals surface area contributed by atoms with E-state index in [2.05, 4.69) is 31.4 Å². The monoisotopic (exact) mass is 242 g/mol. The van der Waals surface area contributed by atoms with Crippen LogP contribution in [0.2, 0.25) is 0 Å². The number of likely N-dealkylation sites (N-methyl/N-ethyl adjacent to an activating group) is 2. The van der Waals surface area contributed by atoms with Crippen LogP contribution in [0.4, 0.5) is 0 Å². The van der Waals surface area contributed by atoms with Gasteiger partial charge in [-0.3, -0.25) is 0 Å². The van der Waals surface area contributed by atoms with Crippen LogP contribution >= 0.6 is 0 Å². The molecule has 1 aliphatic carbocycles. The van der Waals surface area contributed by atoms with Gasteiger partial charge in [-0.2, -0.15) is 0 Å². The third kappa shape index (κ3) is 3.67. The smallest absolute Gasteiger partial charge is 0.0462 e. The molecule has 1 saturated carbocycles. The highest BCUT2D eigenvalue weighted by Crippen LogP contribution is 2.36. The zero-order chi connectivity index (χ0) is 12.7. The van der Waals surface area contributed by atoms with E-state index in [0.29, 0.717) is 11.6 Å². The molecule has 3 nitrogen and oxygen atoms in total. The van der Waals surface area contributed by atoms with E-state index in [1.165, 1.54) is 38.5 Å². The molecule has 1 atom stereocenters. The molecule has 0 saturated heterocycles. The minimum absolute atomic E-state index is 0.362. The summed E-state index contributed by atoms with van der Waals surface area (Å²) in [7, 11) is 8.38. The summed E-state index contributed by atoms with van der Waals surface area (Å²) in [6.07, 6.45) is 9.18. The van der Waals surface area contributed by atoms with Crippen molar-refractivity contribution in [2.24, 2.45) is 0 Å². The van der Waals surface area contributed by atoms with Gasteiger partial charge < -0.3 is 15.0 Å². The summed E-state index contributed by atoms with van der Waals surface area (Å²) < 4.78 is 5.18. The van der Waals surface area contributed by atoms with Crippen molar-refractivity contribution in [1.29, 1.82) is 0 Å². The van der Waals surface area contributed by atoms with Crippen molar-refractivity contribution in [3.63, 3.8) is 0 Å². The van der Waals surface area contributed by atoms with Crippen LogP contribution in [-0.2, 0) is 4.74 Å². The first-order chi connectivity index (χ1) is 8.17. The molecule has 1 aliphatic rings. The van der Waals surface area contributed by atoms with Crippen LogP contribution in [0.3, 0.4) is 0 Å². The van der Waals surface area contributed by atoms with Crippen molar-refractivity contribution in [3.8, 4) is 0 Å². The Bertz CT molecular complexity index is 200. The summed E-state index contributed by atoms with van der Waals surface area (Å²) >= 11 is 0. The predicted molar refractivity (Wildman–Crippen MR) is 73.5 cm³/mol. The standard InChI is InChI=1S/C14H30N2O/c1-15-13(9-8-12-17-4)14(16(2)3)10-6-5-7-11-14/h13,15H,5-12H2,1-4H3. The molecular formula is C14H30N2O. The lowest BCUT2D eigenvalue weighted by Crippen LogP contribution is -2.59. The van der Waals surface area contributed by atoms with E-state index in [-0.39, 0.29) is 0 Å². The van der Waals surface area contributed by atoms with Crippen LogP contribution < -0.4 is 5.32 Å². The van der Waals surface area contributed by atoms with Crippen LogP contribution in [0.15, 0.2) is 0 Å². The quantitative estimate of drug-likeness (QED) is 0.693. The van der Waals surface area contributed by atoms with Crippen molar-refractivity contribution in [1.82, 2.24) is 10.2 Å². The normalized spacial score (nSPS) is 21.7. The SMILES string of the molecule is CNC(CCCOC)C1(N(C)C)CCCCC1. The molecule has 0 aromatic heterocycles. The fraction of sp³-hybridized carbons (Fsp3) is 1.00. The van der Waals surface area contributed by atoms with Gasteiger partial charge in [0.25, 0.3) is 0 Å². The second-order valence-corrected chi connectivity index (χ2v) is 5.53. The molecule has 1 rings (SSSR count). The van der Waals surface area contributed by atoms with Crippen molar-refractivity contribution >= 4 is 0 Å². The van der Waals surface area contributed by atoms with Crippen LogP contribution in [0.5, 0.6) is 0 Å². The van der Waals surface area contributed by atoms with Gasteiger partial charge in [0.1, 0.15) is 0 Å². The predicted octanol–water partition coefficient (Wildman–Crippen LogP) is 2.27. The molecule has 0 bridgehead atoms. The van der Waals surface area contributed by atoms with Gasteiger partial charge in [-0.25, -0.2) is 0 Å². The Hall–Kier alpha value is -0.120. The summed E-state index contributed by atoms with van der Waals surface area (Å²) in [4.78, 5) is 2.46. The van der Waals surface area contributed by atoms with E-state index < -0.39 is 0 Å². The van der Waals surface area contributed by atoms with Crippen LogP contribution in [0.1, 0.15) is 44.9 Å². The molecule has 1 fully saturated rings. The van der Waals surface area contributed by atoms with Crippen LogP contribution in [-0.4, -0.2) is 51.3 Å². The van der Waals surface area contributed by atoms with Gasteiger partial charge in [0.2, 0.25) is 0 Å². The molecule has 0 aromatic rings. The Balaban J connectivity index is 2.64. The number of nitrogens with one attached hydrogen (secondary N) is 1. The van der Waals surface area contributed by atoms with Gasteiger partial charge in [0, 0.05) is 25.3 Å². The molecule has 0 aromatic carbocycles. The van der Waals surface area contributed by atoms with Crippen LogP contribution in [0, 0.1) is 0 Å². The fourth-order valence-corrected chi connectivity index (χ4v) is 3.38. The van der Waals surface area contributed by atoms with E-state index in [9.17, 15) is 0 Å². The fourth-order valence-electron chi connectivity index (χ4n) is 3.38. The number of rotatable bonds is 7. The van der Waals surface area contributed by atoms with E-state index in [4.69, 9.17) is 4.74 Å². The Morgan fingerprint density at radius 2 is 1.88 bits per heavy atom. The number of nitrogens with zero attached hydrogens (tertiary/aromatic N) is 1. The Labute approximate surface area is 107 Å². The van der Waals surface area contributed by atoms with Gasteiger partial charge in [0.15, 0.2) is 0 Å². The second kappa shape index (κ2) is 7.34.